The van der Waals surface area contributed by atoms with E-state index in [2.05, 4.69) is 0 Å². The van der Waals surface area contributed by atoms with Gasteiger partial charge in [0.15, 0.2) is 0 Å². The van der Waals surface area contributed by atoms with Crippen LogP contribution < -0.4 is 0 Å². The van der Waals surface area contributed by atoms with Crippen LogP contribution in [0.2, 0.25) is 0 Å². The highest BCUT2D eigenvalue weighted by Crippen LogP contribution is 2.18. The largest absolute Gasteiger partial charge is 0.481 e. The van der Waals surface area contributed by atoms with Gasteiger partial charge in [0, 0.05) is 20.1 Å². The Morgan fingerprint density at radius 2 is 2.16 bits per heavy atom. The van der Waals surface area contributed by atoms with Gasteiger partial charge in [-0.15, -0.1) is 0 Å². The number of carbonyl (C=O) groups is 2. The van der Waals surface area contributed by atoms with Crippen LogP contribution in [0.1, 0.15) is 18.6 Å². The van der Waals surface area contributed by atoms with Crippen molar-refractivity contribution in [2.45, 2.75) is 19.4 Å². The maximum Gasteiger partial charge on any atom is 0.320 e. The lowest BCUT2D eigenvalue weighted by molar-refractivity contribution is -0.143. The van der Waals surface area contributed by atoms with E-state index in [1.165, 1.54) is 0 Å². The fraction of sp³-hybridized carbons (Fsp3) is 0.538. The first kappa shape index (κ1) is 13.5. The molecule has 0 aromatic carbocycles. The van der Waals surface area contributed by atoms with Gasteiger partial charge >= 0.3 is 12.0 Å². The highest BCUT2D eigenvalue weighted by atomic mass is 16.4. The predicted octanol–water partition coefficient (Wildman–Crippen LogP) is 1.63. The quantitative estimate of drug-likeness (QED) is 0.902. The molecule has 19 heavy (non-hydrogen) atoms. The van der Waals surface area contributed by atoms with E-state index in [4.69, 9.17) is 9.52 Å². The third kappa shape index (κ3) is 3.27. The van der Waals surface area contributed by atoms with Crippen molar-refractivity contribution in [1.29, 1.82) is 0 Å². The minimum Gasteiger partial charge on any atom is -0.481 e. The van der Waals surface area contributed by atoms with Crippen LogP contribution >= 0.6 is 0 Å². The zero-order valence-corrected chi connectivity index (χ0v) is 10.9. The predicted molar refractivity (Wildman–Crippen MR) is 67.5 cm³/mol. The number of aliphatic carboxylic acids is 1. The van der Waals surface area contributed by atoms with Gasteiger partial charge in [-0.25, -0.2) is 4.79 Å². The lowest BCUT2D eigenvalue weighted by atomic mass is 9.97. The number of carboxylic acids is 1. The number of likely N-dealkylation sites (tertiary alicyclic amines) is 1. The van der Waals surface area contributed by atoms with Gasteiger partial charge in [0.2, 0.25) is 0 Å². The topological polar surface area (TPSA) is 74.0 Å². The molecule has 1 saturated heterocycles. The summed E-state index contributed by atoms with van der Waals surface area (Å²) in [4.78, 5) is 26.3. The molecule has 1 aliphatic heterocycles. The van der Waals surface area contributed by atoms with Crippen LogP contribution in [0.15, 0.2) is 22.8 Å². The molecule has 0 aliphatic carbocycles. The standard InChI is InChI=1S/C13H18N2O4/c1-14(9-11-3-2-8-19-11)13(18)15-6-4-10(5-7-15)12(16)17/h2-3,8,10H,4-7,9H2,1H3,(H,16,17). The van der Waals surface area contributed by atoms with Crippen molar-refractivity contribution in [3.8, 4) is 0 Å². The van der Waals surface area contributed by atoms with E-state index in [0.29, 0.717) is 32.5 Å². The molecule has 0 unspecified atom stereocenters. The maximum atomic E-state index is 12.2. The Morgan fingerprint density at radius 3 is 2.68 bits per heavy atom. The Labute approximate surface area is 111 Å². The number of carboxylic acid groups (broad SMARTS) is 1. The molecule has 0 atom stereocenters. The smallest absolute Gasteiger partial charge is 0.320 e. The van der Waals surface area contributed by atoms with E-state index < -0.39 is 5.97 Å². The maximum absolute atomic E-state index is 12.2. The van der Waals surface area contributed by atoms with Gasteiger partial charge in [0.1, 0.15) is 5.76 Å². The van der Waals surface area contributed by atoms with Crippen molar-refractivity contribution < 1.29 is 19.1 Å². The number of piperidine rings is 1. The van der Waals surface area contributed by atoms with E-state index in [1.54, 1.807) is 29.2 Å². The molecule has 2 rings (SSSR count). The lowest BCUT2D eigenvalue weighted by Gasteiger charge is -2.33. The molecule has 6 heteroatoms. The second-order valence-corrected chi connectivity index (χ2v) is 4.82. The molecule has 6 nitrogen and oxygen atoms in total. The minimum atomic E-state index is -0.768. The van der Waals surface area contributed by atoms with Crippen LogP contribution in [0.5, 0.6) is 0 Å². The third-order valence-corrected chi connectivity index (χ3v) is 3.41. The van der Waals surface area contributed by atoms with Gasteiger partial charge in [0.25, 0.3) is 0 Å². The summed E-state index contributed by atoms with van der Waals surface area (Å²) < 4.78 is 5.20. The van der Waals surface area contributed by atoms with E-state index in [-0.39, 0.29) is 11.9 Å². The molecular weight excluding hydrogens is 248 g/mol. The number of nitrogens with zero attached hydrogens (tertiary/aromatic N) is 2. The Morgan fingerprint density at radius 1 is 1.47 bits per heavy atom. The van der Waals surface area contributed by atoms with Gasteiger partial charge in [-0.1, -0.05) is 0 Å². The Bertz CT molecular complexity index is 436. The summed E-state index contributed by atoms with van der Waals surface area (Å²) in [6, 6.07) is 3.52. The van der Waals surface area contributed by atoms with Crippen LogP contribution in [-0.4, -0.2) is 47.0 Å². The second-order valence-electron chi connectivity index (χ2n) is 4.82. The van der Waals surface area contributed by atoms with Crippen molar-refractivity contribution in [3.63, 3.8) is 0 Å². The van der Waals surface area contributed by atoms with Crippen molar-refractivity contribution in [3.05, 3.63) is 24.2 Å². The number of hydrogen-bond donors (Lipinski definition) is 1. The summed E-state index contributed by atoms with van der Waals surface area (Å²) in [5.74, 6) is -0.355. The number of hydrogen-bond acceptors (Lipinski definition) is 3. The van der Waals surface area contributed by atoms with Crippen LogP contribution in [-0.2, 0) is 11.3 Å². The fourth-order valence-electron chi connectivity index (χ4n) is 2.26. The Balaban J connectivity index is 1.85. The molecule has 0 spiro atoms. The molecule has 104 valence electrons. The van der Waals surface area contributed by atoms with Crippen molar-refractivity contribution >= 4 is 12.0 Å². The minimum absolute atomic E-state index is 0.0831. The number of urea groups is 1. The lowest BCUT2D eigenvalue weighted by Crippen LogP contribution is -2.45. The third-order valence-electron chi connectivity index (χ3n) is 3.41. The monoisotopic (exact) mass is 266 g/mol. The molecule has 0 radical (unpaired) electrons. The summed E-state index contributed by atoms with van der Waals surface area (Å²) in [5, 5.41) is 8.92. The van der Waals surface area contributed by atoms with Crippen molar-refractivity contribution in [2.24, 2.45) is 5.92 Å². The summed E-state index contributed by atoms with van der Waals surface area (Å²) in [6.45, 7) is 1.42. The molecule has 0 bridgehead atoms. The van der Waals surface area contributed by atoms with Gasteiger partial charge in [-0.3, -0.25) is 4.79 Å². The van der Waals surface area contributed by atoms with Crippen LogP contribution in [0, 0.1) is 5.92 Å². The average molecular weight is 266 g/mol. The normalized spacial score (nSPS) is 16.4. The first-order valence-electron chi connectivity index (χ1n) is 6.33. The first-order valence-corrected chi connectivity index (χ1v) is 6.33. The SMILES string of the molecule is CN(Cc1ccco1)C(=O)N1CCC(C(=O)O)CC1. The number of carbonyl (C=O) groups excluding carboxylic acids is 1. The molecule has 1 aliphatic rings. The van der Waals surface area contributed by atoms with Gasteiger partial charge in [-0.05, 0) is 25.0 Å². The first-order chi connectivity index (χ1) is 9.08. The summed E-state index contributed by atoms with van der Waals surface area (Å²) in [6.07, 6.45) is 2.62. The highest BCUT2D eigenvalue weighted by molar-refractivity contribution is 5.75. The Hall–Kier alpha value is -1.98. The number of furan rings is 1. The van der Waals surface area contributed by atoms with E-state index in [1.807, 2.05) is 6.07 Å². The van der Waals surface area contributed by atoms with Crippen LogP contribution in [0.4, 0.5) is 4.79 Å². The van der Waals surface area contributed by atoms with Gasteiger partial charge in [0.05, 0.1) is 18.7 Å². The zero-order chi connectivity index (χ0) is 13.8. The molecule has 1 N–H and O–H groups in total. The van der Waals surface area contributed by atoms with Gasteiger partial charge < -0.3 is 19.3 Å². The fourth-order valence-corrected chi connectivity index (χ4v) is 2.26. The second kappa shape index (κ2) is 5.77. The number of rotatable bonds is 3. The van der Waals surface area contributed by atoms with E-state index >= 15 is 0 Å². The van der Waals surface area contributed by atoms with Gasteiger partial charge in [-0.2, -0.15) is 0 Å². The highest BCUT2D eigenvalue weighted by Gasteiger charge is 2.28. The van der Waals surface area contributed by atoms with Crippen molar-refractivity contribution in [2.75, 3.05) is 20.1 Å². The van der Waals surface area contributed by atoms with Crippen LogP contribution in [0.3, 0.4) is 0 Å². The molecule has 1 aromatic heterocycles. The molecule has 2 amide bonds. The van der Waals surface area contributed by atoms with Crippen LogP contribution in [0.25, 0.3) is 0 Å². The van der Waals surface area contributed by atoms with E-state index in [9.17, 15) is 9.59 Å². The summed E-state index contributed by atoms with van der Waals surface area (Å²) in [7, 11) is 1.72. The molecule has 2 heterocycles. The summed E-state index contributed by atoms with van der Waals surface area (Å²) in [5.41, 5.74) is 0. The number of amides is 2. The molecule has 0 saturated carbocycles. The molecule has 1 aromatic rings. The molecule has 1 fully saturated rings. The van der Waals surface area contributed by atoms with Crippen molar-refractivity contribution in [1.82, 2.24) is 9.80 Å². The zero-order valence-electron chi connectivity index (χ0n) is 10.9. The van der Waals surface area contributed by atoms with E-state index in [0.717, 1.165) is 5.76 Å². The Kier molecular flexibility index (Phi) is 4.09. The average Bonchev–Trinajstić information content (AvgIpc) is 2.90. The summed E-state index contributed by atoms with van der Waals surface area (Å²) >= 11 is 0. The molecular formula is C13H18N2O4.